The number of hydrogen-bond acceptors (Lipinski definition) is 10. The number of aromatic nitrogens is 4. The Balaban J connectivity index is 0.000000201. The molecule has 0 spiro atoms. The summed E-state index contributed by atoms with van der Waals surface area (Å²) in [6.07, 6.45) is 2.19. The standard InChI is InChI=1S/2C11H11N3O3S/c2*1-8-2-4-9(5-3-8)18(16,17)14-7-6-10(12)13-11(14)15/h2*2-7H,1H3,(H2,12,13,15). The molecule has 188 valence electrons. The van der Waals surface area contributed by atoms with Gasteiger partial charge in [0.2, 0.25) is 0 Å². The molecular formula is C22H22N6O6S2. The average molecular weight is 531 g/mol. The summed E-state index contributed by atoms with van der Waals surface area (Å²) < 4.78 is 49.8. The molecule has 36 heavy (non-hydrogen) atoms. The second-order valence-electron chi connectivity index (χ2n) is 7.50. The maximum absolute atomic E-state index is 12.2. The van der Waals surface area contributed by atoms with E-state index in [0.717, 1.165) is 23.5 Å². The maximum atomic E-state index is 12.2. The van der Waals surface area contributed by atoms with E-state index in [1.165, 1.54) is 36.4 Å². The molecule has 0 bridgehead atoms. The van der Waals surface area contributed by atoms with Crippen molar-refractivity contribution in [3.8, 4) is 0 Å². The Morgan fingerprint density at radius 2 is 0.889 bits per heavy atom. The summed E-state index contributed by atoms with van der Waals surface area (Å²) in [5.41, 5.74) is 10.6. The molecule has 2 aromatic carbocycles. The van der Waals surface area contributed by atoms with Gasteiger partial charge in [0.25, 0.3) is 20.0 Å². The van der Waals surface area contributed by atoms with Gasteiger partial charge in [-0.3, -0.25) is 0 Å². The SMILES string of the molecule is Cc1ccc(S(=O)(=O)n2ccc(N)nc2=O)cc1.Cc1ccc(S(=O)(=O)n2ccc(N)nc2=O)cc1. The van der Waals surface area contributed by atoms with Gasteiger partial charge in [-0.25, -0.2) is 26.4 Å². The van der Waals surface area contributed by atoms with Crippen molar-refractivity contribution in [2.75, 3.05) is 11.5 Å². The van der Waals surface area contributed by atoms with Crippen LogP contribution in [-0.2, 0) is 20.0 Å². The van der Waals surface area contributed by atoms with Crippen LogP contribution in [0.3, 0.4) is 0 Å². The summed E-state index contributed by atoms with van der Waals surface area (Å²) >= 11 is 0. The zero-order chi connectivity index (χ0) is 26.7. The van der Waals surface area contributed by atoms with E-state index in [9.17, 15) is 26.4 Å². The second kappa shape index (κ2) is 10.1. The Kier molecular flexibility index (Phi) is 7.40. The largest absolute Gasteiger partial charge is 0.383 e. The highest BCUT2D eigenvalue weighted by Gasteiger charge is 2.19. The van der Waals surface area contributed by atoms with Crippen molar-refractivity contribution < 1.29 is 16.8 Å². The summed E-state index contributed by atoms with van der Waals surface area (Å²) in [6, 6.07) is 14.9. The molecule has 14 heteroatoms. The smallest absolute Gasteiger partial charge is 0.363 e. The zero-order valence-corrected chi connectivity index (χ0v) is 20.8. The van der Waals surface area contributed by atoms with Gasteiger partial charge in [-0.15, -0.1) is 0 Å². The molecular weight excluding hydrogens is 508 g/mol. The fraction of sp³-hybridized carbons (Fsp3) is 0.0909. The van der Waals surface area contributed by atoms with Crippen molar-refractivity contribution in [3.63, 3.8) is 0 Å². The normalized spacial score (nSPS) is 11.4. The molecule has 0 fully saturated rings. The predicted molar refractivity (Wildman–Crippen MR) is 133 cm³/mol. The van der Waals surface area contributed by atoms with Crippen LogP contribution in [0.4, 0.5) is 11.6 Å². The van der Waals surface area contributed by atoms with Crippen LogP contribution in [0.1, 0.15) is 11.1 Å². The van der Waals surface area contributed by atoms with Crippen molar-refractivity contribution in [1.82, 2.24) is 17.9 Å². The van der Waals surface area contributed by atoms with Gasteiger partial charge in [-0.05, 0) is 50.2 Å². The van der Waals surface area contributed by atoms with E-state index in [4.69, 9.17) is 11.5 Å². The molecule has 0 aliphatic carbocycles. The lowest BCUT2D eigenvalue weighted by Crippen LogP contribution is -2.29. The Morgan fingerprint density at radius 1 is 0.583 bits per heavy atom. The van der Waals surface area contributed by atoms with E-state index >= 15 is 0 Å². The average Bonchev–Trinajstić information content (AvgIpc) is 2.79. The minimum Gasteiger partial charge on any atom is -0.383 e. The summed E-state index contributed by atoms with van der Waals surface area (Å²) in [4.78, 5) is 29.9. The van der Waals surface area contributed by atoms with Gasteiger partial charge in [0.05, 0.1) is 9.79 Å². The summed E-state index contributed by atoms with van der Waals surface area (Å²) in [5, 5.41) is 0. The molecule has 4 aromatic rings. The highest BCUT2D eigenvalue weighted by Crippen LogP contribution is 2.14. The lowest BCUT2D eigenvalue weighted by Gasteiger charge is -2.07. The highest BCUT2D eigenvalue weighted by atomic mass is 32.2. The number of nitrogens with two attached hydrogens (primary N) is 2. The third-order valence-corrected chi connectivity index (χ3v) is 8.07. The second-order valence-corrected chi connectivity index (χ2v) is 11.1. The van der Waals surface area contributed by atoms with E-state index < -0.39 is 31.4 Å². The molecule has 2 heterocycles. The Hall–Kier alpha value is -4.30. The van der Waals surface area contributed by atoms with Crippen LogP contribution in [0.15, 0.2) is 92.4 Å². The van der Waals surface area contributed by atoms with E-state index in [1.54, 1.807) is 24.3 Å². The topological polar surface area (TPSA) is 190 Å². The number of benzene rings is 2. The third-order valence-electron chi connectivity index (χ3n) is 4.74. The van der Waals surface area contributed by atoms with Gasteiger partial charge in [0.1, 0.15) is 11.6 Å². The van der Waals surface area contributed by atoms with Crippen molar-refractivity contribution in [1.29, 1.82) is 0 Å². The number of nitrogens with zero attached hydrogens (tertiary/aromatic N) is 4. The predicted octanol–water partition coefficient (Wildman–Crippen LogP) is 0.742. The number of nitrogen functional groups attached to an aromatic ring is 2. The first-order valence-electron chi connectivity index (χ1n) is 10.2. The molecule has 0 amide bonds. The van der Waals surface area contributed by atoms with Crippen LogP contribution in [0.2, 0.25) is 0 Å². The van der Waals surface area contributed by atoms with Crippen LogP contribution >= 0.6 is 0 Å². The number of aryl methyl sites for hydroxylation is 2. The molecule has 0 aliphatic heterocycles. The lowest BCUT2D eigenvalue weighted by atomic mass is 10.2. The third kappa shape index (κ3) is 5.67. The van der Waals surface area contributed by atoms with Crippen molar-refractivity contribution in [2.24, 2.45) is 0 Å². The maximum Gasteiger partial charge on any atom is 0.363 e. The molecule has 0 saturated carbocycles. The van der Waals surface area contributed by atoms with Crippen molar-refractivity contribution in [2.45, 2.75) is 23.6 Å². The van der Waals surface area contributed by atoms with E-state index in [-0.39, 0.29) is 21.4 Å². The lowest BCUT2D eigenvalue weighted by molar-refractivity contribution is 0.582. The Bertz CT molecular complexity index is 1600. The van der Waals surface area contributed by atoms with Gasteiger partial charge in [0, 0.05) is 12.4 Å². The number of hydrogen-bond donors (Lipinski definition) is 2. The molecule has 0 unspecified atom stereocenters. The molecule has 0 saturated heterocycles. The molecule has 4 rings (SSSR count). The van der Waals surface area contributed by atoms with Crippen LogP contribution in [0.25, 0.3) is 0 Å². The van der Waals surface area contributed by atoms with Crippen molar-refractivity contribution in [3.05, 3.63) is 105 Å². The molecule has 0 atom stereocenters. The van der Waals surface area contributed by atoms with E-state index in [2.05, 4.69) is 9.97 Å². The van der Waals surface area contributed by atoms with Gasteiger partial charge in [-0.1, -0.05) is 35.4 Å². The zero-order valence-electron chi connectivity index (χ0n) is 19.1. The van der Waals surface area contributed by atoms with Gasteiger partial charge < -0.3 is 11.5 Å². The van der Waals surface area contributed by atoms with Crippen molar-refractivity contribution >= 4 is 31.7 Å². The molecule has 12 nitrogen and oxygen atoms in total. The van der Waals surface area contributed by atoms with Gasteiger partial charge >= 0.3 is 11.4 Å². The first-order chi connectivity index (χ1) is 16.8. The Morgan fingerprint density at radius 3 is 1.17 bits per heavy atom. The van der Waals surface area contributed by atoms with Crippen LogP contribution < -0.4 is 22.8 Å². The Labute approximate surface area is 206 Å². The van der Waals surface area contributed by atoms with Crippen LogP contribution in [0, 0.1) is 13.8 Å². The minimum atomic E-state index is -3.92. The van der Waals surface area contributed by atoms with Gasteiger partial charge in [-0.2, -0.15) is 17.9 Å². The van der Waals surface area contributed by atoms with E-state index in [0.29, 0.717) is 7.94 Å². The summed E-state index contributed by atoms with van der Waals surface area (Å²) in [7, 11) is -7.83. The first-order valence-corrected chi connectivity index (χ1v) is 13.1. The van der Waals surface area contributed by atoms with Crippen LogP contribution in [0.5, 0.6) is 0 Å². The number of rotatable bonds is 4. The van der Waals surface area contributed by atoms with E-state index in [1.807, 2.05) is 13.8 Å². The number of anilines is 2. The molecule has 0 aliphatic rings. The minimum absolute atomic E-state index is 0.0182. The fourth-order valence-corrected chi connectivity index (χ4v) is 5.17. The summed E-state index contributed by atoms with van der Waals surface area (Å²) in [5.74, 6) is -0.0364. The first kappa shape index (κ1) is 26.3. The van der Waals surface area contributed by atoms with Crippen LogP contribution in [-0.4, -0.2) is 34.7 Å². The molecule has 0 radical (unpaired) electrons. The van der Waals surface area contributed by atoms with Gasteiger partial charge in [0.15, 0.2) is 0 Å². The monoisotopic (exact) mass is 530 g/mol. The quantitative estimate of drug-likeness (QED) is 0.380. The molecule has 4 N–H and O–H groups in total. The summed E-state index contributed by atoms with van der Waals surface area (Å²) in [6.45, 7) is 3.68. The molecule has 2 aromatic heterocycles. The highest BCUT2D eigenvalue weighted by molar-refractivity contribution is 7.90. The fourth-order valence-electron chi connectivity index (χ4n) is 2.82.